The summed E-state index contributed by atoms with van der Waals surface area (Å²) in [5.41, 5.74) is 9.97. The van der Waals surface area contributed by atoms with Gasteiger partial charge < -0.3 is 20.0 Å². The van der Waals surface area contributed by atoms with Gasteiger partial charge in [0, 0.05) is 23.3 Å². The molecule has 0 saturated heterocycles. The van der Waals surface area contributed by atoms with Gasteiger partial charge in [-0.05, 0) is 47.4 Å². The minimum atomic E-state index is -1.07. The molecule has 28 heavy (non-hydrogen) atoms. The number of carbonyl (C=O) groups excluding carboxylic acids is 1. The molecule has 7 heteroatoms. The molecule has 0 aliphatic carbocycles. The minimum Gasteiger partial charge on any atom is -0.480 e. The molecule has 1 amide bonds. The number of hydrogen-bond donors (Lipinski definition) is 2. The summed E-state index contributed by atoms with van der Waals surface area (Å²) in [6, 6.07) is 11.1. The molecule has 3 rings (SSSR count). The van der Waals surface area contributed by atoms with Crippen molar-refractivity contribution in [2.45, 2.75) is 26.2 Å². The van der Waals surface area contributed by atoms with E-state index in [0.29, 0.717) is 29.1 Å². The molecule has 2 aromatic heterocycles. The van der Waals surface area contributed by atoms with Crippen molar-refractivity contribution in [3.05, 3.63) is 70.0 Å². The summed E-state index contributed by atoms with van der Waals surface area (Å²) in [7, 11) is 0. The van der Waals surface area contributed by atoms with Crippen molar-refractivity contribution in [3.8, 4) is 5.75 Å². The largest absolute Gasteiger partial charge is 0.480 e. The quantitative estimate of drug-likeness (QED) is 0.607. The number of pyridine rings is 1. The summed E-state index contributed by atoms with van der Waals surface area (Å²) in [6.45, 7) is 1.55. The number of benzene rings is 1. The van der Waals surface area contributed by atoms with Gasteiger partial charge in [0.25, 0.3) is 0 Å². The van der Waals surface area contributed by atoms with Crippen molar-refractivity contribution in [2.24, 2.45) is 5.73 Å². The first-order chi connectivity index (χ1) is 13.4. The normalized spacial score (nSPS) is 10.9. The van der Waals surface area contributed by atoms with Crippen LogP contribution in [-0.4, -0.2) is 28.0 Å². The third-order valence-corrected chi connectivity index (χ3v) is 4.80. The molecule has 0 aliphatic heterocycles. The van der Waals surface area contributed by atoms with Crippen molar-refractivity contribution in [3.63, 3.8) is 0 Å². The van der Waals surface area contributed by atoms with Gasteiger partial charge in [0.2, 0.25) is 5.91 Å². The van der Waals surface area contributed by atoms with Crippen LogP contribution in [0.15, 0.2) is 42.6 Å². The van der Waals surface area contributed by atoms with E-state index < -0.39 is 18.5 Å². The van der Waals surface area contributed by atoms with Gasteiger partial charge in [-0.2, -0.15) is 0 Å². The molecule has 0 unspecified atom stereocenters. The van der Waals surface area contributed by atoms with E-state index in [0.717, 1.165) is 22.4 Å². The highest BCUT2D eigenvalue weighted by Gasteiger charge is 2.22. The highest BCUT2D eigenvalue weighted by Crippen LogP contribution is 2.33. The molecule has 3 N–H and O–H groups in total. The maximum Gasteiger partial charge on any atom is 0.341 e. The highest BCUT2D eigenvalue weighted by molar-refractivity contribution is 6.30. The predicted octanol–water partition coefficient (Wildman–Crippen LogP) is 3.24. The first-order valence-corrected chi connectivity index (χ1v) is 9.29. The van der Waals surface area contributed by atoms with Gasteiger partial charge in [-0.1, -0.05) is 30.7 Å². The molecule has 6 nitrogen and oxygen atoms in total. The van der Waals surface area contributed by atoms with Crippen LogP contribution in [0.2, 0.25) is 5.02 Å². The van der Waals surface area contributed by atoms with Gasteiger partial charge in [-0.15, -0.1) is 0 Å². The number of rotatable bonds is 8. The third kappa shape index (κ3) is 4.12. The number of amides is 1. The average Bonchev–Trinajstić information content (AvgIpc) is 2.92. The van der Waals surface area contributed by atoms with E-state index in [1.807, 2.05) is 41.8 Å². The first kappa shape index (κ1) is 19.8. The summed E-state index contributed by atoms with van der Waals surface area (Å²) < 4.78 is 7.45. The second-order valence-corrected chi connectivity index (χ2v) is 6.92. The van der Waals surface area contributed by atoms with E-state index in [-0.39, 0.29) is 6.42 Å². The Morgan fingerprint density at radius 2 is 2.00 bits per heavy atom. The number of nitrogens with zero attached hydrogens (tertiary/aromatic N) is 1. The number of aromatic nitrogens is 1. The summed E-state index contributed by atoms with van der Waals surface area (Å²) in [6.07, 6.45) is 3.23. The Balaban J connectivity index is 2.20. The number of hydrogen-bond acceptors (Lipinski definition) is 3. The lowest BCUT2D eigenvalue weighted by molar-refractivity contribution is -0.139. The lowest BCUT2D eigenvalue weighted by Crippen LogP contribution is -2.15. The Kier molecular flexibility index (Phi) is 5.90. The van der Waals surface area contributed by atoms with E-state index in [2.05, 4.69) is 0 Å². The number of ether oxygens (including phenoxy) is 1. The van der Waals surface area contributed by atoms with Crippen LogP contribution in [0.3, 0.4) is 0 Å². The molecule has 2 heterocycles. The molecule has 0 saturated carbocycles. The van der Waals surface area contributed by atoms with Crippen LogP contribution in [0, 0.1) is 0 Å². The Labute approximate surface area is 167 Å². The smallest absolute Gasteiger partial charge is 0.341 e. The summed E-state index contributed by atoms with van der Waals surface area (Å²) in [5.74, 6) is -1.11. The maximum absolute atomic E-state index is 11.7. The molecular formula is C21H21ClN2O4. The summed E-state index contributed by atoms with van der Waals surface area (Å²) in [5, 5.41) is 9.62. The molecule has 146 valence electrons. The Bertz CT molecular complexity index is 1040. The van der Waals surface area contributed by atoms with Crippen LogP contribution >= 0.6 is 11.6 Å². The molecule has 0 atom stereocenters. The zero-order valence-electron chi connectivity index (χ0n) is 15.4. The van der Waals surface area contributed by atoms with Crippen LogP contribution in [0.25, 0.3) is 5.52 Å². The van der Waals surface area contributed by atoms with Crippen molar-refractivity contribution in [1.82, 2.24) is 4.40 Å². The minimum absolute atomic E-state index is 0.0513. The molecule has 1 aromatic carbocycles. The van der Waals surface area contributed by atoms with E-state index in [1.165, 1.54) is 0 Å². The fraction of sp³-hybridized carbons (Fsp3) is 0.238. The lowest BCUT2D eigenvalue weighted by Gasteiger charge is -2.09. The van der Waals surface area contributed by atoms with Crippen LogP contribution in [0.4, 0.5) is 0 Å². The SMILES string of the molecule is CCc1c(CC(N)=O)c2c(OCC(=O)O)cccn2c1Cc1cccc(Cl)c1. The highest BCUT2D eigenvalue weighted by atomic mass is 35.5. The number of carboxylic acids is 1. The number of aliphatic carboxylic acids is 1. The molecule has 0 bridgehead atoms. The maximum atomic E-state index is 11.7. The van der Waals surface area contributed by atoms with Gasteiger partial charge in [-0.25, -0.2) is 4.79 Å². The van der Waals surface area contributed by atoms with E-state index >= 15 is 0 Å². The zero-order valence-corrected chi connectivity index (χ0v) is 16.2. The number of fused-ring (bicyclic) bond motifs is 1. The Hall–Kier alpha value is -2.99. The average molecular weight is 401 g/mol. The van der Waals surface area contributed by atoms with Gasteiger partial charge in [0.15, 0.2) is 6.61 Å². The van der Waals surface area contributed by atoms with Gasteiger partial charge in [0.05, 0.1) is 11.9 Å². The number of carbonyl (C=O) groups is 2. The van der Waals surface area contributed by atoms with Crippen LogP contribution < -0.4 is 10.5 Å². The molecule has 0 radical (unpaired) electrons. The number of halogens is 1. The second kappa shape index (κ2) is 8.35. The van der Waals surface area contributed by atoms with E-state index in [4.69, 9.17) is 27.2 Å². The van der Waals surface area contributed by atoms with E-state index in [9.17, 15) is 9.59 Å². The molecule has 3 aromatic rings. The Morgan fingerprint density at radius 1 is 1.21 bits per heavy atom. The molecule has 0 spiro atoms. The Morgan fingerprint density at radius 3 is 2.64 bits per heavy atom. The van der Waals surface area contributed by atoms with Gasteiger partial charge >= 0.3 is 5.97 Å². The van der Waals surface area contributed by atoms with E-state index in [1.54, 1.807) is 12.1 Å². The van der Waals surface area contributed by atoms with Crippen LogP contribution in [-0.2, 0) is 28.9 Å². The lowest BCUT2D eigenvalue weighted by atomic mass is 10.00. The van der Waals surface area contributed by atoms with Crippen molar-refractivity contribution in [1.29, 1.82) is 0 Å². The topological polar surface area (TPSA) is 94.0 Å². The third-order valence-electron chi connectivity index (χ3n) is 4.56. The fourth-order valence-electron chi connectivity index (χ4n) is 3.54. The number of carboxylic acid groups (broad SMARTS) is 1. The van der Waals surface area contributed by atoms with Crippen molar-refractivity contribution >= 4 is 29.0 Å². The molecule has 0 fully saturated rings. The van der Waals surface area contributed by atoms with Gasteiger partial charge in [-0.3, -0.25) is 4.79 Å². The molecule has 0 aliphatic rings. The van der Waals surface area contributed by atoms with Crippen molar-refractivity contribution < 1.29 is 19.4 Å². The monoisotopic (exact) mass is 400 g/mol. The zero-order chi connectivity index (χ0) is 20.3. The number of primary amides is 1. The van der Waals surface area contributed by atoms with Crippen molar-refractivity contribution in [2.75, 3.05) is 6.61 Å². The fourth-order valence-corrected chi connectivity index (χ4v) is 3.75. The molecular weight excluding hydrogens is 380 g/mol. The standard InChI is InChI=1S/C21H21ClN2O4/c1-2-15-16(11-19(23)25)21-18(28-12-20(26)27)7-4-8-24(21)17(15)10-13-5-3-6-14(22)9-13/h3-9H,2,10-12H2,1H3,(H2,23,25)(H,26,27). The summed E-state index contributed by atoms with van der Waals surface area (Å²) in [4.78, 5) is 22.7. The second-order valence-electron chi connectivity index (χ2n) is 6.48. The number of nitrogens with two attached hydrogens (primary N) is 1. The van der Waals surface area contributed by atoms with Crippen LogP contribution in [0.5, 0.6) is 5.75 Å². The first-order valence-electron chi connectivity index (χ1n) is 8.91. The predicted molar refractivity (Wildman–Crippen MR) is 107 cm³/mol. The summed E-state index contributed by atoms with van der Waals surface area (Å²) >= 11 is 6.13. The van der Waals surface area contributed by atoms with Crippen LogP contribution in [0.1, 0.15) is 29.3 Å². The van der Waals surface area contributed by atoms with Gasteiger partial charge in [0.1, 0.15) is 5.75 Å².